The van der Waals surface area contributed by atoms with Gasteiger partial charge in [0, 0.05) is 10.8 Å². The Morgan fingerprint density at radius 2 is 0.818 bits per heavy atom. The van der Waals surface area contributed by atoms with Crippen molar-refractivity contribution >= 4 is 24.1 Å². The first-order valence-electron chi connectivity index (χ1n) is 28.7. The second-order valence-electron chi connectivity index (χ2n) is 22.5. The highest BCUT2D eigenvalue weighted by molar-refractivity contribution is 5.74. The summed E-state index contributed by atoms with van der Waals surface area (Å²) >= 11 is 0. The number of carboxylic acids is 1. The van der Waals surface area contributed by atoms with E-state index in [1.807, 2.05) is 48.6 Å². The smallest absolute Gasteiger partial charge is 0.309 e. The lowest BCUT2D eigenvalue weighted by Gasteiger charge is -2.34. The number of ether oxygens (including phenoxy) is 1. The molecule has 2 aliphatic carbocycles. The van der Waals surface area contributed by atoms with E-state index in [2.05, 4.69) is 152 Å². The lowest BCUT2D eigenvalue weighted by Crippen LogP contribution is -2.28. The number of hydrogen-bond acceptors (Lipinski definition) is 5. The Bertz CT molecular complexity index is 3010. The van der Waals surface area contributed by atoms with E-state index in [0.717, 1.165) is 99.3 Å². The van der Waals surface area contributed by atoms with E-state index in [1.165, 1.54) is 86.7 Å². The number of rotatable bonds is 18. The second kappa shape index (κ2) is 25.9. The Labute approximate surface area is 461 Å². The van der Waals surface area contributed by atoms with Crippen LogP contribution in [0, 0.1) is 27.7 Å². The van der Waals surface area contributed by atoms with Crippen LogP contribution in [-0.2, 0) is 38.0 Å². The first-order chi connectivity index (χ1) is 36.9. The zero-order valence-electron chi connectivity index (χ0n) is 47.7. The number of aryl methyl sites for hydroxylation is 4. The zero-order chi connectivity index (χ0) is 55.4. The summed E-state index contributed by atoms with van der Waals surface area (Å²) in [5.74, 6) is -1.03. The number of benzene rings is 6. The molecule has 77 heavy (non-hydrogen) atoms. The Balaban J connectivity index is 0.000000224. The van der Waals surface area contributed by atoms with Gasteiger partial charge in [0.25, 0.3) is 0 Å². The third-order valence-corrected chi connectivity index (χ3v) is 17.7. The van der Waals surface area contributed by atoms with Crippen LogP contribution < -0.4 is 0 Å². The molecule has 6 aromatic carbocycles. The normalized spacial score (nSPS) is 15.5. The highest BCUT2D eigenvalue weighted by Gasteiger charge is 2.34. The fraction of sp³-hybridized carbons (Fsp3) is 0.408. The van der Waals surface area contributed by atoms with Crippen molar-refractivity contribution in [3.05, 3.63) is 200 Å². The molecule has 0 unspecified atom stereocenters. The number of carbonyl (C=O) groups is 2. The predicted molar refractivity (Wildman–Crippen MR) is 320 cm³/mol. The van der Waals surface area contributed by atoms with Crippen molar-refractivity contribution < 1.29 is 29.6 Å². The molecule has 8 rings (SSSR count). The quantitative estimate of drug-likeness (QED) is 0.0741. The van der Waals surface area contributed by atoms with Crippen molar-refractivity contribution in [1.29, 1.82) is 0 Å². The molecule has 0 aromatic heterocycles. The van der Waals surface area contributed by atoms with Gasteiger partial charge < -0.3 is 20.1 Å². The highest BCUT2D eigenvalue weighted by atomic mass is 16.5. The summed E-state index contributed by atoms with van der Waals surface area (Å²) in [7, 11) is 1.42. The molecule has 0 amide bonds. The Morgan fingerprint density at radius 1 is 0.481 bits per heavy atom. The summed E-state index contributed by atoms with van der Waals surface area (Å²) in [5.41, 5.74) is 17.6. The maximum atomic E-state index is 11.6. The second-order valence-corrected chi connectivity index (χ2v) is 22.5. The predicted octanol–water partition coefficient (Wildman–Crippen LogP) is 16.9. The SMILES string of the molecule is CCC(CC)(c1ccc(/C=C/C2(O)CCCCC2)c(C)c1)c1ccc(-c2ccc(CC(=O)O)cc2)c(C)c1.CCC(CC)(c1ccc(/C=C/C2(O)CCCCC2)c(C)c1)c1ccc(-c2ccc(CC(=O)OC)cc2)c(C)c1. The minimum atomic E-state index is -0.811. The summed E-state index contributed by atoms with van der Waals surface area (Å²) < 4.78 is 4.79. The summed E-state index contributed by atoms with van der Waals surface area (Å²) in [6.07, 6.45) is 23.0. The van der Waals surface area contributed by atoms with Gasteiger partial charge in [0.05, 0.1) is 31.2 Å². The van der Waals surface area contributed by atoms with Crippen LogP contribution in [0.25, 0.3) is 34.4 Å². The van der Waals surface area contributed by atoms with Crippen LogP contribution in [0.5, 0.6) is 0 Å². The first kappa shape index (κ1) is 58.3. The fourth-order valence-electron chi connectivity index (χ4n) is 12.5. The van der Waals surface area contributed by atoms with E-state index in [9.17, 15) is 19.8 Å². The molecule has 0 atom stereocenters. The minimum Gasteiger partial charge on any atom is -0.481 e. The molecule has 0 aliphatic heterocycles. The topological polar surface area (TPSA) is 104 Å². The lowest BCUT2D eigenvalue weighted by atomic mass is 9.69. The molecule has 6 aromatic rings. The van der Waals surface area contributed by atoms with Crippen LogP contribution in [0.1, 0.15) is 184 Å². The third-order valence-electron chi connectivity index (χ3n) is 17.7. The van der Waals surface area contributed by atoms with E-state index in [1.54, 1.807) is 0 Å². The van der Waals surface area contributed by atoms with Crippen molar-refractivity contribution in [2.75, 3.05) is 7.11 Å². The maximum absolute atomic E-state index is 11.6. The van der Waals surface area contributed by atoms with Gasteiger partial charge in [-0.3, -0.25) is 9.59 Å². The van der Waals surface area contributed by atoms with Gasteiger partial charge in [0.15, 0.2) is 0 Å². The summed E-state index contributed by atoms with van der Waals surface area (Å²) in [5, 5.41) is 30.9. The van der Waals surface area contributed by atoms with E-state index < -0.39 is 17.2 Å². The van der Waals surface area contributed by atoms with Gasteiger partial charge in [0.2, 0.25) is 0 Å². The average Bonchev–Trinajstić information content (AvgIpc) is 3.43. The summed E-state index contributed by atoms with van der Waals surface area (Å²) in [4.78, 5) is 22.6. The molecule has 0 radical (unpaired) electrons. The maximum Gasteiger partial charge on any atom is 0.309 e. The van der Waals surface area contributed by atoms with Crippen LogP contribution in [0.3, 0.4) is 0 Å². The van der Waals surface area contributed by atoms with Crippen LogP contribution in [0.4, 0.5) is 0 Å². The molecule has 0 saturated heterocycles. The molecule has 2 saturated carbocycles. The van der Waals surface area contributed by atoms with E-state index >= 15 is 0 Å². The van der Waals surface area contributed by atoms with E-state index in [-0.39, 0.29) is 23.2 Å². The van der Waals surface area contributed by atoms with Gasteiger partial charge in [-0.15, -0.1) is 0 Å². The molecular weight excluding hydrogens is 949 g/mol. The molecule has 0 heterocycles. The number of aliphatic hydroxyl groups is 2. The van der Waals surface area contributed by atoms with Crippen molar-refractivity contribution in [2.45, 2.75) is 180 Å². The molecule has 6 heteroatoms. The molecular formula is C71H86O6. The molecule has 0 spiro atoms. The van der Waals surface area contributed by atoms with Crippen LogP contribution >= 0.6 is 0 Å². The highest BCUT2D eigenvalue weighted by Crippen LogP contribution is 2.43. The van der Waals surface area contributed by atoms with Gasteiger partial charge in [0.1, 0.15) is 0 Å². The van der Waals surface area contributed by atoms with E-state index in [4.69, 9.17) is 9.84 Å². The van der Waals surface area contributed by atoms with Crippen molar-refractivity contribution in [1.82, 2.24) is 0 Å². The summed E-state index contributed by atoms with van der Waals surface area (Å²) in [6, 6.07) is 43.4. The van der Waals surface area contributed by atoms with Crippen molar-refractivity contribution in [3.63, 3.8) is 0 Å². The molecule has 3 N–H and O–H groups in total. The molecule has 406 valence electrons. The zero-order valence-corrected chi connectivity index (χ0v) is 47.7. The summed E-state index contributed by atoms with van der Waals surface area (Å²) in [6.45, 7) is 17.8. The largest absolute Gasteiger partial charge is 0.481 e. The van der Waals surface area contributed by atoms with Gasteiger partial charge in [-0.25, -0.2) is 0 Å². The first-order valence-corrected chi connectivity index (χ1v) is 28.7. The molecule has 0 bridgehead atoms. The lowest BCUT2D eigenvalue weighted by molar-refractivity contribution is -0.140. The van der Waals surface area contributed by atoms with Gasteiger partial charge in [-0.2, -0.15) is 0 Å². The molecule has 6 nitrogen and oxygen atoms in total. The fourth-order valence-corrected chi connectivity index (χ4v) is 12.5. The number of hydrogen-bond donors (Lipinski definition) is 3. The van der Waals surface area contributed by atoms with Crippen LogP contribution in [-0.4, -0.2) is 45.6 Å². The van der Waals surface area contributed by atoms with Crippen LogP contribution in [0.15, 0.2) is 133 Å². The number of esters is 1. The third kappa shape index (κ3) is 13.9. The number of carbonyl (C=O) groups excluding carboxylic acids is 1. The Kier molecular flexibility index (Phi) is 19.6. The molecule has 2 fully saturated rings. The van der Waals surface area contributed by atoms with Crippen molar-refractivity contribution in [2.24, 2.45) is 0 Å². The van der Waals surface area contributed by atoms with E-state index in [0.29, 0.717) is 6.42 Å². The van der Waals surface area contributed by atoms with Crippen LogP contribution in [0.2, 0.25) is 0 Å². The Hall–Kier alpha value is -6.34. The standard InChI is InChI=1S/C36H44O3.C35H42O3/c1-6-36(7-2,31-16-15-29(26(3)23-31)19-22-35(38)20-9-8-10-21-35)32-17-18-33(27(4)24-32)30-13-11-28(12-14-30)25-34(37)39-5;1-5-35(6-2,30-15-14-28(25(3)22-30)18-21-34(38)19-8-7-9-20-34)31-16-17-32(26(4)23-31)29-12-10-27(11-13-29)24-33(36)37/h11-19,22-24,38H,6-10,20-21,25H2,1-5H3;10-18,21-23,38H,5-9,19-20,24H2,1-4H3,(H,36,37)/b22-19+;21-18+. The number of aliphatic carboxylic acids is 1. The Morgan fingerprint density at radius 3 is 1.13 bits per heavy atom. The monoisotopic (exact) mass is 1030 g/mol. The number of methoxy groups -OCH3 is 1. The van der Waals surface area contributed by atoms with Gasteiger partial charge >= 0.3 is 11.9 Å². The minimum absolute atomic E-state index is 0.0442. The van der Waals surface area contributed by atoms with Gasteiger partial charge in [-0.1, -0.05) is 212 Å². The molecule has 2 aliphatic rings. The van der Waals surface area contributed by atoms with Gasteiger partial charge in [-0.05, 0) is 168 Å². The average molecular weight is 1040 g/mol. The number of carboxylic acid groups (broad SMARTS) is 1. The van der Waals surface area contributed by atoms with Crippen molar-refractivity contribution in [3.8, 4) is 22.3 Å².